The van der Waals surface area contributed by atoms with Crippen LogP contribution in [0.5, 0.6) is 5.75 Å². The Hall–Kier alpha value is -1.22. The number of ether oxygens (including phenoxy) is 1. The summed E-state index contributed by atoms with van der Waals surface area (Å²) in [7, 11) is 1.68. The van der Waals surface area contributed by atoms with E-state index in [2.05, 4.69) is 18.2 Å². The van der Waals surface area contributed by atoms with Crippen molar-refractivity contribution in [2.75, 3.05) is 12.9 Å². The highest BCUT2D eigenvalue weighted by Gasteiger charge is 1.97. The number of carbonyl (C=O) groups is 1. The number of thioether (sulfide) groups is 1. The molecule has 0 bridgehead atoms. The van der Waals surface area contributed by atoms with Gasteiger partial charge in [-0.25, -0.2) is 0 Å². The van der Waals surface area contributed by atoms with Gasteiger partial charge in [-0.15, -0.1) is 0 Å². The molecule has 0 saturated heterocycles. The second-order valence-corrected chi connectivity index (χ2v) is 5.03. The third-order valence-corrected chi connectivity index (χ3v) is 3.17. The lowest BCUT2D eigenvalue weighted by molar-refractivity contribution is -0.109. The molecule has 1 aromatic rings. The number of rotatable bonds is 5. The third kappa shape index (κ3) is 5.09. The molecule has 17 heavy (non-hydrogen) atoms. The van der Waals surface area contributed by atoms with E-state index in [4.69, 9.17) is 4.74 Å². The van der Waals surface area contributed by atoms with Gasteiger partial charge in [0.2, 0.25) is 0 Å². The molecule has 92 valence electrons. The summed E-state index contributed by atoms with van der Waals surface area (Å²) in [6.45, 7) is 3.63. The van der Waals surface area contributed by atoms with E-state index in [9.17, 15) is 4.79 Å². The predicted molar refractivity (Wildman–Crippen MR) is 74.5 cm³/mol. The maximum atomic E-state index is 10.7. The largest absolute Gasteiger partial charge is 0.496 e. The molecule has 0 unspecified atom stereocenters. The first kappa shape index (κ1) is 13.8. The predicted octanol–water partition coefficient (Wildman–Crippen LogP) is 3.69. The first-order valence-corrected chi connectivity index (χ1v) is 6.56. The summed E-state index contributed by atoms with van der Waals surface area (Å²) >= 11 is 1.37. The Morgan fingerprint density at radius 3 is 2.82 bits per heavy atom. The van der Waals surface area contributed by atoms with Crippen LogP contribution in [0.15, 0.2) is 24.3 Å². The second kappa shape index (κ2) is 7.17. The highest BCUT2D eigenvalue weighted by molar-refractivity contribution is 8.13. The Bertz CT molecular complexity index is 411. The van der Waals surface area contributed by atoms with Gasteiger partial charge in [0.15, 0.2) is 5.12 Å². The molecular formula is C14H18O2S. The van der Waals surface area contributed by atoms with Gasteiger partial charge in [0, 0.05) is 12.7 Å². The standard InChI is InChI=1S/C14H18O2S/c1-11-10-13(7-8-14(11)16-3)6-4-5-9-17-12(2)15/h4,6-8,10H,5,9H2,1-3H3. The number of hydrogen-bond acceptors (Lipinski definition) is 3. The van der Waals surface area contributed by atoms with E-state index >= 15 is 0 Å². The smallest absolute Gasteiger partial charge is 0.185 e. The van der Waals surface area contributed by atoms with Crippen molar-refractivity contribution in [1.82, 2.24) is 0 Å². The average Bonchev–Trinajstić information content (AvgIpc) is 2.28. The van der Waals surface area contributed by atoms with E-state index in [1.54, 1.807) is 14.0 Å². The number of benzene rings is 1. The Morgan fingerprint density at radius 2 is 2.24 bits per heavy atom. The van der Waals surface area contributed by atoms with Gasteiger partial charge in [-0.1, -0.05) is 30.0 Å². The topological polar surface area (TPSA) is 26.3 Å². The van der Waals surface area contributed by atoms with Gasteiger partial charge in [-0.3, -0.25) is 4.79 Å². The number of methoxy groups -OCH3 is 1. The number of carbonyl (C=O) groups excluding carboxylic acids is 1. The molecule has 0 heterocycles. The lowest BCUT2D eigenvalue weighted by Crippen LogP contribution is -1.87. The van der Waals surface area contributed by atoms with Gasteiger partial charge in [0.25, 0.3) is 0 Å². The summed E-state index contributed by atoms with van der Waals surface area (Å²) < 4.78 is 5.20. The summed E-state index contributed by atoms with van der Waals surface area (Å²) in [5.41, 5.74) is 2.30. The van der Waals surface area contributed by atoms with Crippen molar-refractivity contribution >= 4 is 23.0 Å². The summed E-state index contributed by atoms with van der Waals surface area (Å²) in [6, 6.07) is 6.09. The van der Waals surface area contributed by atoms with Crippen molar-refractivity contribution < 1.29 is 9.53 Å². The molecule has 2 nitrogen and oxygen atoms in total. The summed E-state index contributed by atoms with van der Waals surface area (Å²) in [5, 5.41) is 0.179. The molecule has 0 saturated carbocycles. The van der Waals surface area contributed by atoms with Crippen LogP contribution in [0.4, 0.5) is 0 Å². The maximum Gasteiger partial charge on any atom is 0.185 e. The van der Waals surface area contributed by atoms with Crippen LogP contribution in [0.3, 0.4) is 0 Å². The zero-order valence-corrected chi connectivity index (χ0v) is 11.3. The average molecular weight is 250 g/mol. The monoisotopic (exact) mass is 250 g/mol. The SMILES string of the molecule is COc1ccc(C=CCCSC(C)=O)cc1C. The van der Waals surface area contributed by atoms with Gasteiger partial charge in [0.05, 0.1) is 7.11 Å². The van der Waals surface area contributed by atoms with Crippen molar-refractivity contribution in [3.63, 3.8) is 0 Å². The van der Waals surface area contributed by atoms with E-state index in [-0.39, 0.29) is 5.12 Å². The Morgan fingerprint density at radius 1 is 1.47 bits per heavy atom. The zero-order chi connectivity index (χ0) is 12.7. The van der Waals surface area contributed by atoms with Crippen LogP contribution < -0.4 is 4.74 Å². The minimum Gasteiger partial charge on any atom is -0.496 e. The molecule has 0 fully saturated rings. The summed E-state index contributed by atoms with van der Waals surface area (Å²) in [5.74, 6) is 1.76. The van der Waals surface area contributed by atoms with E-state index in [0.29, 0.717) is 0 Å². The summed E-state index contributed by atoms with van der Waals surface area (Å²) in [4.78, 5) is 10.7. The van der Waals surface area contributed by atoms with E-state index in [1.165, 1.54) is 11.8 Å². The third-order valence-electron chi connectivity index (χ3n) is 2.32. The molecule has 1 aromatic carbocycles. The van der Waals surface area contributed by atoms with Gasteiger partial charge >= 0.3 is 0 Å². The molecule has 0 spiro atoms. The molecule has 0 aliphatic heterocycles. The molecule has 0 aromatic heterocycles. The minimum absolute atomic E-state index is 0.179. The molecule has 1 rings (SSSR count). The highest BCUT2D eigenvalue weighted by atomic mass is 32.2. The molecule has 0 N–H and O–H groups in total. The van der Waals surface area contributed by atoms with Crippen molar-refractivity contribution in [2.45, 2.75) is 20.3 Å². The Balaban J connectivity index is 2.48. The first-order valence-electron chi connectivity index (χ1n) is 5.58. The molecule has 0 aliphatic carbocycles. The van der Waals surface area contributed by atoms with Crippen LogP contribution in [0, 0.1) is 6.92 Å². The van der Waals surface area contributed by atoms with Crippen LogP contribution in [0.1, 0.15) is 24.5 Å². The van der Waals surface area contributed by atoms with Crippen molar-refractivity contribution in [3.05, 3.63) is 35.4 Å². The van der Waals surface area contributed by atoms with E-state index in [1.807, 2.05) is 19.1 Å². The molecule has 0 radical (unpaired) electrons. The van der Waals surface area contributed by atoms with Crippen LogP contribution in [-0.2, 0) is 4.79 Å². The second-order valence-electron chi connectivity index (χ2n) is 3.76. The van der Waals surface area contributed by atoms with E-state index in [0.717, 1.165) is 29.1 Å². The van der Waals surface area contributed by atoms with Gasteiger partial charge < -0.3 is 4.74 Å². The van der Waals surface area contributed by atoms with E-state index < -0.39 is 0 Å². The van der Waals surface area contributed by atoms with Crippen molar-refractivity contribution in [2.24, 2.45) is 0 Å². The lowest BCUT2D eigenvalue weighted by Gasteiger charge is -2.04. The number of hydrogen-bond donors (Lipinski definition) is 0. The van der Waals surface area contributed by atoms with Crippen molar-refractivity contribution in [3.8, 4) is 5.75 Å². The normalized spacial score (nSPS) is 10.8. The van der Waals surface area contributed by atoms with Crippen LogP contribution >= 0.6 is 11.8 Å². The fourth-order valence-electron chi connectivity index (χ4n) is 1.50. The van der Waals surface area contributed by atoms with Gasteiger partial charge in [0.1, 0.15) is 5.75 Å². The molecule has 0 aliphatic rings. The van der Waals surface area contributed by atoms with Crippen LogP contribution in [0.2, 0.25) is 0 Å². The zero-order valence-electron chi connectivity index (χ0n) is 10.5. The molecule has 0 atom stereocenters. The lowest BCUT2D eigenvalue weighted by atomic mass is 10.1. The molecular weight excluding hydrogens is 232 g/mol. The van der Waals surface area contributed by atoms with Gasteiger partial charge in [-0.05, 0) is 36.6 Å². The molecule has 0 amide bonds. The number of allylic oxidation sites excluding steroid dienone is 1. The summed E-state index contributed by atoms with van der Waals surface area (Å²) in [6.07, 6.45) is 5.08. The highest BCUT2D eigenvalue weighted by Crippen LogP contribution is 2.19. The first-order chi connectivity index (χ1) is 8.13. The maximum absolute atomic E-state index is 10.7. The quantitative estimate of drug-likeness (QED) is 0.746. The Kier molecular flexibility index (Phi) is 5.84. The van der Waals surface area contributed by atoms with Crippen LogP contribution in [-0.4, -0.2) is 18.0 Å². The fraction of sp³-hybridized carbons (Fsp3) is 0.357. The van der Waals surface area contributed by atoms with Crippen molar-refractivity contribution in [1.29, 1.82) is 0 Å². The minimum atomic E-state index is 0.179. The number of aryl methyl sites for hydroxylation is 1. The molecule has 3 heteroatoms. The van der Waals surface area contributed by atoms with Crippen LogP contribution in [0.25, 0.3) is 6.08 Å². The van der Waals surface area contributed by atoms with Gasteiger partial charge in [-0.2, -0.15) is 0 Å². The fourth-order valence-corrected chi connectivity index (χ4v) is 2.04. The Labute approximate surface area is 107 Å².